The quantitative estimate of drug-likeness (QED) is 0.927. The van der Waals surface area contributed by atoms with E-state index in [0.717, 1.165) is 32.5 Å². The summed E-state index contributed by atoms with van der Waals surface area (Å²) < 4.78 is 0. The highest BCUT2D eigenvalue weighted by Crippen LogP contribution is 2.43. The zero-order valence-corrected chi connectivity index (χ0v) is 13.8. The van der Waals surface area contributed by atoms with Crippen molar-refractivity contribution < 1.29 is 4.79 Å². The van der Waals surface area contributed by atoms with Crippen LogP contribution in [0.15, 0.2) is 17.5 Å². The molecule has 2 aliphatic rings. The number of thiophene rings is 1. The average Bonchev–Trinajstić information content (AvgIpc) is 3.18. The maximum absolute atomic E-state index is 12.9. The number of likely N-dealkylation sites (tertiary alicyclic amines) is 1. The Morgan fingerprint density at radius 2 is 2.10 bits per heavy atom. The first-order valence-corrected chi connectivity index (χ1v) is 9.09. The maximum Gasteiger partial charge on any atom is 0.231 e. The molecular weight excluding hydrogens is 280 g/mol. The topological polar surface area (TPSA) is 32.3 Å². The third-order valence-electron chi connectivity index (χ3n) is 5.27. The molecule has 4 heteroatoms. The number of rotatable bonds is 4. The monoisotopic (exact) mass is 306 g/mol. The minimum atomic E-state index is -0.223. The number of nitrogens with one attached hydrogen (secondary N) is 1. The zero-order chi connectivity index (χ0) is 14.7. The highest BCUT2D eigenvalue weighted by Gasteiger charge is 2.43. The van der Waals surface area contributed by atoms with Crippen LogP contribution in [0.25, 0.3) is 0 Å². The molecule has 0 aromatic carbocycles. The molecule has 1 amide bonds. The molecule has 1 aromatic heterocycles. The van der Waals surface area contributed by atoms with Crippen LogP contribution < -0.4 is 5.32 Å². The van der Waals surface area contributed by atoms with Crippen LogP contribution in [0.2, 0.25) is 0 Å². The Kier molecular flexibility index (Phi) is 4.65. The van der Waals surface area contributed by atoms with E-state index in [-0.39, 0.29) is 11.3 Å². The molecule has 1 aliphatic carbocycles. The van der Waals surface area contributed by atoms with Gasteiger partial charge < -0.3 is 10.2 Å². The standard InChI is InChI=1S/C17H26N2OS/c1-19-10-6-14(7-11-19)13-18-16(20)17(8-2-3-9-17)15-5-4-12-21-15/h4-5,12,14H,2-3,6-11,13H2,1H3,(H,18,20). The van der Waals surface area contributed by atoms with Crippen LogP contribution in [-0.4, -0.2) is 37.5 Å². The van der Waals surface area contributed by atoms with Crippen molar-refractivity contribution in [2.24, 2.45) is 5.92 Å². The molecule has 0 radical (unpaired) electrons. The summed E-state index contributed by atoms with van der Waals surface area (Å²) >= 11 is 1.74. The van der Waals surface area contributed by atoms with Gasteiger partial charge in [-0.2, -0.15) is 0 Å². The van der Waals surface area contributed by atoms with Crippen LogP contribution in [0.4, 0.5) is 0 Å². The highest BCUT2D eigenvalue weighted by atomic mass is 32.1. The number of hydrogen-bond donors (Lipinski definition) is 1. The summed E-state index contributed by atoms with van der Waals surface area (Å²) in [5, 5.41) is 5.38. The molecule has 0 atom stereocenters. The summed E-state index contributed by atoms with van der Waals surface area (Å²) in [6.45, 7) is 3.19. The molecule has 0 spiro atoms. The molecule has 1 aromatic rings. The predicted octanol–water partition coefficient (Wildman–Crippen LogP) is 3.02. The largest absolute Gasteiger partial charge is 0.355 e. The van der Waals surface area contributed by atoms with Gasteiger partial charge in [0.25, 0.3) is 0 Å². The molecule has 1 N–H and O–H groups in total. The van der Waals surface area contributed by atoms with Crippen molar-refractivity contribution in [1.82, 2.24) is 10.2 Å². The molecule has 0 unspecified atom stereocenters. The van der Waals surface area contributed by atoms with E-state index in [1.807, 2.05) is 0 Å². The van der Waals surface area contributed by atoms with Crippen LogP contribution in [0.5, 0.6) is 0 Å². The molecule has 3 nitrogen and oxygen atoms in total. The molecule has 0 bridgehead atoms. The lowest BCUT2D eigenvalue weighted by Crippen LogP contribution is -2.45. The number of carbonyl (C=O) groups is 1. The lowest BCUT2D eigenvalue weighted by Gasteiger charge is -2.31. The first-order chi connectivity index (χ1) is 10.2. The second kappa shape index (κ2) is 6.49. The van der Waals surface area contributed by atoms with Crippen LogP contribution >= 0.6 is 11.3 Å². The summed E-state index contributed by atoms with van der Waals surface area (Å²) in [6, 6.07) is 4.22. The Labute approximate surface area is 131 Å². The Morgan fingerprint density at radius 1 is 1.38 bits per heavy atom. The molecule has 1 saturated carbocycles. The second-order valence-corrected chi connectivity index (χ2v) is 7.67. The van der Waals surface area contributed by atoms with E-state index in [4.69, 9.17) is 0 Å². The smallest absolute Gasteiger partial charge is 0.231 e. The molecule has 1 aliphatic heterocycles. The molecule has 116 valence electrons. The summed E-state index contributed by atoms with van der Waals surface area (Å²) in [4.78, 5) is 16.5. The van der Waals surface area contributed by atoms with Crippen LogP contribution in [0.1, 0.15) is 43.4 Å². The summed E-state index contributed by atoms with van der Waals surface area (Å²) in [6.07, 6.45) is 6.82. The Morgan fingerprint density at radius 3 is 2.71 bits per heavy atom. The van der Waals surface area contributed by atoms with Gasteiger partial charge in [0, 0.05) is 11.4 Å². The molecule has 2 heterocycles. The van der Waals surface area contributed by atoms with Gasteiger partial charge in [0.1, 0.15) is 0 Å². The van der Waals surface area contributed by atoms with E-state index >= 15 is 0 Å². The van der Waals surface area contributed by atoms with E-state index in [1.54, 1.807) is 11.3 Å². The summed E-state index contributed by atoms with van der Waals surface area (Å²) in [7, 11) is 2.18. The average molecular weight is 306 g/mol. The van der Waals surface area contributed by atoms with E-state index < -0.39 is 0 Å². The van der Waals surface area contributed by atoms with E-state index in [1.165, 1.54) is 30.6 Å². The number of nitrogens with zero attached hydrogens (tertiary/aromatic N) is 1. The van der Waals surface area contributed by atoms with Crippen molar-refractivity contribution >= 4 is 17.2 Å². The third-order valence-corrected chi connectivity index (χ3v) is 6.35. The van der Waals surface area contributed by atoms with Gasteiger partial charge >= 0.3 is 0 Å². The minimum absolute atomic E-state index is 0.223. The first kappa shape index (κ1) is 15.0. The zero-order valence-electron chi connectivity index (χ0n) is 12.9. The van der Waals surface area contributed by atoms with Gasteiger partial charge in [0.15, 0.2) is 0 Å². The minimum Gasteiger partial charge on any atom is -0.355 e. The predicted molar refractivity (Wildman–Crippen MR) is 87.7 cm³/mol. The fourth-order valence-electron chi connectivity index (χ4n) is 3.79. The lowest BCUT2D eigenvalue weighted by atomic mass is 9.83. The number of piperidine rings is 1. The van der Waals surface area contributed by atoms with Crippen molar-refractivity contribution in [3.8, 4) is 0 Å². The Balaban J connectivity index is 1.61. The molecule has 2 fully saturated rings. The van der Waals surface area contributed by atoms with Crippen LogP contribution in [0.3, 0.4) is 0 Å². The fourth-order valence-corrected chi connectivity index (χ4v) is 4.77. The first-order valence-electron chi connectivity index (χ1n) is 8.21. The Bertz CT molecular complexity index is 457. The van der Waals surface area contributed by atoms with Gasteiger partial charge in [-0.15, -0.1) is 11.3 Å². The SMILES string of the molecule is CN1CCC(CNC(=O)C2(c3cccs3)CCCC2)CC1. The maximum atomic E-state index is 12.9. The van der Waals surface area contributed by atoms with E-state index in [9.17, 15) is 4.79 Å². The van der Waals surface area contributed by atoms with Crippen molar-refractivity contribution in [3.63, 3.8) is 0 Å². The number of amides is 1. The molecular formula is C17H26N2OS. The lowest BCUT2D eigenvalue weighted by molar-refractivity contribution is -0.126. The van der Waals surface area contributed by atoms with Gasteiger partial charge in [-0.25, -0.2) is 0 Å². The normalized spacial score (nSPS) is 23.3. The molecule has 3 rings (SSSR count). The van der Waals surface area contributed by atoms with Gasteiger partial charge in [-0.3, -0.25) is 4.79 Å². The van der Waals surface area contributed by atoms with Crippen molar-refractivity contribution in [2.45, 2.75) is 43.9 Å². The van der Waals surface area contributed by atoms with Gasteiger partial charge in [-0.1, -0.05) is 18.9 Å². The summed E-state index contributed by atoms with van der Waals surface area (Å²) in [5.74, 6) is 0.938. The van der Waals surface area contributed by atoms with Crippen molar-refractivity contribution in [1.29, 1.82) is 0 Å². The van der Waals surface area contributed by atoms with Crippen molar-refractivity contribution in [3.05, 3.63) is 22.4 Å². The summed E-state index contributed by atoms with van der Waals surface area (Å²) in [5.41, 5.74) is -0.223. The molecule has 21 heavy (non-hydrogen) atoms. The van der Waals surface area contributed by atoms with Crippen LogP contribution in [-0.2, 0) is 10.2 Å². The van der Waals surface area contributed by atoms with Crippen molar-refractivity contribution in [2.75, 3.05) is 26.7 Å². The number of carbonyl (C=O) groups excluding carboxylic acids is 1. The van der Waals surface area contributed by atoms with E-state index in [2.05, 4.69) is 34.8 Å². The molecule has 1 saturated heterocycles. The highest BCUT2D eigenvalue weighted by molar-refractivity contribution is 7.10. The fraction of sp³-hybridized carbons (Fsp3) is 0.706. The van der Waals surface area contributed by atoms with Gasteiger partial charge in [-0.05, 0) is 63.2 Å². The van der Waals surface area contributed by atoms with E-state index in [0.29, 0.717) is 5.92 Å². The van der Waals surface area contributed by atoms with Gasteiger partial charge in [0.2, 0.25) is 5.91 Å². The van der Waals surface area contributed by atoms with Crippen LogP contribution in [0, 0.1) is 5.92 Å². The second-order valence-electron chi connectivity index (χ2n) is 6.72. The van der Waals surface area contributed by atoms with Gasteiger partial charge in [0.05, 0.1) is 5.41 Å². The number of hydrogen-bond acceptors (Lipinski definition) is 3. The third kappa shape index (κ3) is 3.16. The Hall–Kier alpha value is -0.870.